The molecule has 0 radical (unpaired) electrons. The predicted molar refractivity (Wildman–Crippen MR) is 106 cm³/mol. The molecule has 0 fully saturated rings. The van der Waals surface area contributed by atoms with Crippen LogP contribution in [-0.2, 0) is 6.54 Å². The van der Waals surface area contributed by atoms with E-state index in [1.807, 2.05) is 12.1 Å². The fraction of sp³-hybridized carbons (Fsp3) is 0.312. The molecular formula is C16H21BrClN5O4. The van der Waals surface area contributed by atoms with Crippen molar-refractivity contribution in [3.05, 3.63) is 40.5 Å². The van der Waals surface area contributed by atoms with Crippen molar-refractivity contribution in [1.29, 1.82) is 0 Å². The van der Waals surface area contributed by atoms with Crippen LogP contribution in [0.2, 0.25) is 0 Å². The van der Waals surface area contributed by atoms with Gasteiger partial charge in [0.2, 0.25) is 11.5 Å². The SMILES string of the molecule is C=CCOc1c(Br)cc(CNCCNC(=O)c2nonc2N)cc1OC.Cl. The second-order valence-electron chi connectivity index (χ2n) is 5.14. The maximum Gasteiger partial charge on any atom is 0.277 e. The summed E-state index contributed by atoms with van der Waals surface area (Å²) >= 11 is 3.48. The first-order valence-electron chi connectivity index (χ1n) is 7.73. The van der Waals surface area contributed by atoms with E-state index in [1.54, 1.807) is 13.2 Å². The van der Waals surface area contributed by atoms with Crippen LogP contribution in [0, 0.1) is 0 Å². The summed E-state index contributed by atoms with van der Waals surface area (Å²) in [6, 6.07) is 3.82. The highest BCUT2D eigenvalue weighted by Gasteiger charge is 2.15. The van der Waals surface area contributed by atoms with Gasteiger partial charge in [-0.05, 0) is 43.9 Å². The van der Waals surface area contributed by atoms with Crippen molar-refractivity contribution < 1.29 is 18.9 Å². The molecule has 1 aromatic carbocycles. The van der Waals surface area contributed by atoms with E-state index in [-0.39, 0.29) is 23.9 Å². The van der Waals surface area contributed by atoms with E-state index in [9.17, 15) is 4.79 Å². The second kappa shape index (κ2) is 11.4. The summed E-state index contributed by atoms with van der Waals surface area (Å²) in [5.74, 6) is 0.785. The number of rotatable bonds is 10. The van der Waals surface area contributed by atoms with Crippen molar-refractivity contribution in [2.75, 3.05) is 32.5 Å². The standard InChI is InChI=1S/C16H20BrN5O4.ClH/c1-3-6-25-14-11(17)7-10(8-12(14)24-2)9-19-4-5-20-16(23)13-15(18)22-26-21-13;/h3,7-8,19H,1,4-6,9H2,2H3,(H2,18,22)(H,20,23);1H. The van der Waals surface area contributed by atoms with E-state index in [4.69, 9.17) is 15.2 Å². The number of carbonyl (C=O) groups excluding carboxylic acids is 1. The molecule has 0 saturated heterocycles. The Morgan fingerprint density at radius 1 is 1.41 bits per heavy atom. The zero-order valence-electron chi connectivity index (χ0n) is 14.7. The summed E-state index contributed by atoms with van der Waals surface area (Å²) < 4.78 is 16.1. The molecule has 0 aliphatic heterocycles. The number of nitrogens with two attached hydrogens (primary N) is 1. The molecule has 1 amide bonds. The van der Waals surface area contributed by atoms with E-state index in [1.165, 1.54) is 0 Å². The maximum atomic E-state index is 11.8. The maximum absolute atomic E-state index is 11.8. The molecule has 148 valence electrons. The molecule has 0 bridgehead atoms. The van der Waals surface area contributed by atoms with Crippen LogP contribution in [0.5, 0.6) is 11.5 Å². The van der Waals surface area contributed by atoms with Crippen LogP contribution in [0.3, 0.4) is 0 Å². The van der Waals surface area contributed by atoms with E-state index in [2.05, 4.69) is 48.1 Å². The molecule has 4 N–H and O–H groups in total. The third-order valence-electron chi connectivity index (χ3n) is 3.28. The van der Waals surface area contributed by atoms with Crippen LogP contribution in [-0.4, -0.2) is 43.0 Å². The lowest BCUT2D eigenvalue weighted by molar-refractivity contribution is 0.0944. The molecule has 2 rings (SSSR count). The van der Waals surface area contributed by atoms with Crippen LogP contribution >= 0.6 is 28.3 Å². The summed E-state index contributed by atoms with van der Waals surface area (Å²) in [5.41, 5.74) is 6.43. The van der Waals surface area contributed by atoms with Gasteiger partial charge in [0.1, 0.15) is 6.61 Å². The number of benzene rings is 1. The van der Waals surface area contributed by atoms with Crippen molar-refractivity contribution in [3.8, 4) is 11.5 Å². The molecule has 0 aliphatic rings. The van der Waals surface area contributed by atoms with Crippen LogP contribution in [0.1, 0.15) is 16.1 Å². The molecule has 0 unspecified atom stereocenters. The third-order valence-corrected chi connectivity index (χ3v) is 3.87. The van der Waals surface area contributed by atoms with Crippen molar-refractivity contribution in [3.63, 3.8) is 0 Å². The summed E-state index contributed by atoms with van der Waals surface area (Å²) in [4.78, 5) is 11.8. The minimum atomic E-state index is -0.432. The quantitative estimate of drug-likeness (QED) is 0.361. The lowest BCUT2D eigenvalue weighted by atomic mass is 10.2. The zero-order valence-corrected chi connectivity index (χ0v) is 17.1. The normalized spacial score (nSPS) is 10.0. The minimum Gasteiger partial charge on any atom is -0.493 e. The van der Waals surface area contributed by atoms with E-state index < -0.39 is 5.91 Å². The number of methoxy groups -OCH3 is 1. The number of hydrogen-bond acceptors (Lipinski definition) is 8. The predicted octanol–water partition coefficient (Wildman–Crippen LogP) is 1.93. The molecule has 9 nitrogen and oxygen atoms in total. The number of hydrogen-bond donors (Lipinski definition) is 3. The number of ether oxygens (including phenoxy) is 2. The number of nitrogens with zero attached hydrogens (tertiary/aromatic N) is 2. The minimum absolute atomic E-state index is 0. The molecule has 0 atom stereocenters. The molecule has 0 aliphatic carbocycles. The van der Waals surface area contributed by atoms with Crippen molar-refractivity contribution >= 4 is 40.1 Å². The third kappa shape index (κ3) is 6.42. The first-order chi connectivity index (χ1) is 12.6. The van der Waals surface area contributed by atoms with E-state index in [0.717, 1.165) is 10.0 Å². The lowest BCUT2D eigenvalue weighted by Gasteiger charge is -2.14. The van der Waals surface area contributed by atoms with Gasteiger partial charge in [-0.1, -0.05) is 12.7 Å². The fourth-order valence-corrected chi connectivity index (χ4v) is 2.70. The summed E-state index contributed by atoms with van der Waals surface area (Å²) in [6.45, 7) is 5.54. The van der Waals surface area contributed by atoms with Gasteiger partial charge in [-0.15, -0.1) is 12.4 Å². The van der Waals surface area contributed by atoms with Crippen LogP contribution in [0.15, 0.2) is 33.9 Å². The fourth-order valence-electron chi connectivity index (χ4n) is 2.09. The molecule has 0 saturated carbocycles. The van der Waals surface area contributed by atoms with Gasteiger partial charge in [0.25, 0.3) is 5.91 Å². The smallest absolute Gasteiger partial charge is 0.277 e. The van der Waals surface area contributed by atoms with Gasteiger partial charge in [0.05, 0.1) is 11.6 Å². The largest absolute Gasteiger partial charge is 0.493 e. The van der Waals surface area contributed by atoms with Gasteiger partial charge in [0, 0.05) is 19.6 Å². The average Bonchev–Trinajstić information content (AvgIpc) is 3.06. The number of halogens is 2. The number of aromatic nitrogens is 2. The van der Waals surface area contributed by atoms with Gasteiger partial charge in [-0.2, -0.15) is 0 Å². The first kappa shape index (κ1) is 22.7. The van der Waals surface area contributed by atoms with Crippen LogP contribution in [0.25, 0.3) is 0 Å². The molecule has 11 heteroatoms. The molecule has 1 aromatic heterocycles. The van der Waals surface area contributed by atoms with E-state index >= 15 is 0 Å². The number of nitrogens with one attached hydrogen (secondary N) is 2. The lowest BCUT2D eigenvalue weighted by Crippen LogP contribution is -2.32. The van der Waals surface area contributed by atoms with Gasteiger partial charge < -0.3 is 25.8 Å². The van der Waals surface area contributed by atoms with Gasteiger partial charge in [0.15, 0.2) is 11.5 Å². The first-order valence-corrected chi connectivity index (χ1v) is 8.53. The highest BCUT2D eigenvalue weighted by molar-refractivity contribution is 9.10. The van der Waals surface area contributed by atoms with E-state index in [0.29, 0.717) is 37.7 Å². The molecule has 2 aromatic rings. The Morgan fingerprint density at radius 2 is 2.19 bits per heavy atom. The van der Waals surface area contributed by atoms with Gasteiger partial charge >= 0.3 is 0 Å². The topological polar surface area (TPSA) is 125 Å². The Kier molecular flexibility index (Phi) is 9.62. The van der Waals surface area contributed by atoms with Crippen LogP contribution < -0.4 is 25.8 Å². The van der Waals surface area contributed by atoms with Crippen molar-refractivity contribution in [2.45, 2.75) is 6.54 Å². The Labute approximate surface area is 171 Å². The van der Waals surface area contributed by atoms with Gasteiger partial charge in [-0.3, -0.25) is 4.79 Å². The Morgan fingerprint density at radius 3 is 2.81 bits per heavy atom. The van der Waals surface area contributed by atoms with Crippen LogP contribution in [0.4, 0.5) is 5.82 Å². The molecule has 1 heterocycles. The van der Waals surface area contributed by atoms with Gasteiger partial charge in [-0.25, -0.2) is 4.63 Å². The zero-order chi connectivity index (χ0) is 18.9. The number of carbonyl (C=O) groups is 1. The monoisotopic (exact) mass is 461 g/mol. The average molecular weight is 463 g/mol. The van der Waals surface area contributed by atoms with Crippen molar-refractivity contribution in [1.82, 2.24) is 20.9 Å². The van der Waals surface area contributed by atoms with Crippen molar-refractivity contribution in [2.24, 2.45) is 0 Å². The second-order valence-corrected chi connectivity index (χ2v) is 5.99. The Bertz CT molecular complexity index is 771. The highest BCUT2D eigenvalue weighted by Crippen LogP contribution is 2.36. The number of anilines is 1. The molecule has 27 heavy (non-hydrogen) atoms. The molecular weight excluding hydrogens is 442 g/mol. The Balaban J connectivity index is 0.00000364. The molecule has 0 spiro atoms. The summed E-state index contributed by atoms with van der Waals surface area (Å²) in [6.07, 6.45) is 1.67. The highest BCUT2D eigenvalue weighted by atomic mass is 79.9. The number of nitrogen functional groups attached to an aromatic ring is 1. The summed E-state index contributed by atoms with van der Waals surface area (Å²) in [5, 5.41) is 12.7. The number of amides is 1. The Hall–Kier alpha value is -2.30. The summed E-state index contributed by atoms with van der Waals surface area (Å²) in [7, 11) is 1.58.